The predicted molar refractivity (Wildman–Crippen MR) is 100 cm³/mol. The Morgan fingerprint density at radius 2 is 1.88 bits per heavy atom. The Morgan fingerprint density at radius 3 is 2.58 bits per heavy atom. The lowest BCUT2D eigenvalue weighted by atomic mass is 10.1. The Bertz CT molecular complexity index is 717. The van der Waals surface area contributed by atoms with Gasteiger partial charge in [-0.25, -0.2) is 0 Å². The molecule has 0 saturated heterocycles. The van der Waals surface area contributed by atoms with E-state index in [1.165, 1.54) is 0 Å². The van der Waals surface area contributed by atoms with Crippen molar-refractivity contribution in [3.05, 3.63) is 65.2 Å². The lowest BCUT2D eigenvalue weighted by Gasteiger charge is -2.20. The first-order chi connectivity index (χ1) is 11.5. The monoisotopic (exact) mass is 342 g/mol. The molecule has 1 N–H and O–H groups in total. The molecular formula is C19H22N2O2S. The third-order valence-corrected chi connectivity index (χ3v) is 3.97. The standard InChI is InChI=1S/C19H22N2O2S/c1-14-9-10-15(2)17(11-14)23-13-18(22)20-19(24)21(3)12-16-7-5-4-6-8-16/h4-11H,12-13H2,1-3H3,(H,20,22,24). The van der Waals surface area contributed by atoms with Crippen LogP contribution in [0.1, 0.15) is 16.7 Å². The summed E-state index contributed by atoms with van der Waals surface area (Å²) in [7, 11) is 1.85. The minimum Gasteiger partial charge on any atom is -0.483 e. The number of rotatable bonds is 5. The van der Waals surface area contributed by atoms with Crippen molar-refractivity contribution in [2.45, 2.75) is 20.4 Å². The van der Waals surface area contributed by atoms with Gasteiger partial charge >= 0.3 is 0 Å². The lowest BCUT2D eigenvalue weighted by Crippen LogP contribution is -2.42. The number of carbonyl (C=O) groups excluding carboxylic acids is 1. The summed E-state index contributed by atoms with van der Waals surface area (Å²) in [5.41, 5.74) is 3.22. The Morgan fingerprint density at radius 1 is 1.17 bits per heavy atom. The van der Waals surface area contributed by atoms with Gasteiger partial charge in [0, 0.05) is 13.6 Å². The molecule has 2 rings (SSSR count). The summed E-state index contributed by atoms with van der Waals surface area (Å²) in [6, 6.07) is 15.9. The Balaban J connectivity index is 1.83. The molecule has 0 fully saturated rings. The Kier molecular flexibility index (Phi) is 6.32. The fourth-order valence-corrected chi connectivity index (χ4v) is 2.36. The van der Waals surface area contributed by atoms with E-state index >= 15 is 0 Å². The van der Waals surface area contributed by atoms with E-state index in [4.69, 9.17) is 17.0 Å². The summed E-state index contributed by atoms with van der Waals surface area (Å²) in [5.74, 6) is 0.453. The highest BCUT2D eigenvalue weighted by Gasteiger charge is 2.11. The van der Waals surface area contributed by atoms with Crippen LogP contribution in [0.5, 0.6) is 5.75 Å². The van der Waals surface area contributed by atoms with Gasteiger partial charge in [-0.1, -0.05) is 42.5 Å². The SMILES string of the molecule is Cc1ccc(C)c(OCC(=O)NC(=S)N(C)Cc2ccccc2)c1. The third kappa shape index (κ3) is 5.35. The van der Waals surface area contributed by atoms with Crippen LogP contribution in [-0.4, -0.2) is 29.6 Å². The Labute approximate surface area is 148 Å². The predicted octanol–water partition coefficient (Wildman–Crippen LogP) is 3.22. The molecule has 0 aliphatic heterocycles. The van der Waals surface area contributed by atoms with Gasteiger partial charge in [-0.05, 0) is 48.8 Å². The Hall–Kier alpha value is -2.40. The molecule has 5 heteroatoms. The van der Waals surface area contributed by atoms with Gasteiger partial charge in [0.05, 0.1) is 0 Å². The zero-order valence-electron chi connectivity index (χ0n) is 14.2. The molecule has 0 unspecified atom stereocenters. The summed E-state index contributed by atoms with van der Waals surface area (Å²) in [6.07, 6.45) is 0. The molecule has 0 atom stereocenters. The summed E-state index contributed by atoms with van der Waals surface area (Å²) in [6.45, 7) is 4.51. The van der Waals surface area contributed by atoms with Crippen LogP contribution < -0.4 is 10.1 Å². The van der Waals surface area contributed by atoms with Gasteiger partial charge in [0.15, 0.2) is 11.7 Å². The summed E-state index contributed by atoms with van der Waals surface area (Å²) >= 11 is 5.27. The number of hydrogen-bond acceptors (Lipinski definition) is 3. The first-order valence-corrected chi connectivity index (χ1v) is 8.15. The van der Waals surface area contributed by atoms with Crippen molar-refractivity contribution in [1.29, 1.82) is 0 Å². The quantitative estimate of drug-likeness (QED) is 0.847. The van der Waals surface area contributed by atoms with Crippen molar-refractivity contribution in [2.24, 2.45) is 0 Å². The second-order valence-corrected chi connectivity index (χ2v) is 6.14. The van der Waals surface area contributed by atoms with E-state index in [1.807, 2.05) is 74.3 Å². The molecule has 0 aliphatic carbocycles. The van der Waals surface area contributed by atoms with E-state index < -0.39 is 0 Å². The molecule has 0 heterocycles. The highest BCUT2D eigenvalue weighted by atomic mass is 32.1. The average Bonchev–Trinajstić information content (AvgIpc) is 2.56. The van der Waals surface area contributed by atoms with E-state index in [9.17, 15) is 4.79 Å². The lowest BCUT2D eigenvalue weighted by molar-refractivity contribution is -0.121. The number of carbonyl (C=O) groups is 1. The topological polar surface area (TPSA) is 41.6 Å². The van der Waals surface area contributed by atoms with Crippen LogP contribution in [0, 0.1) is 13.8 Å². The van der Waals surface area contributed by atoms with Crippen molar-refractivity contribution in [3.63, 3.8) is 0 Å². The largest absolute Gasteiger partial charge is 0.483 e. The number of benzene rings is 2. The van der Waals surface area contributed by atoms with Gasteiger partial charge < -0.3 is 15.0 Å². The van der Waals surface area contributed by atoms with Crippen LogP contribution >= 0.6 is 12.2 Å². The minimum absolute atomic E-state index is 0.0659. The van der Waals surface area contributed by atoms with E-state index in [2.05, 4.69) is 5.32 Å². The maximum absolute atomic E-state index is 12.0. The van der Waals surface area contributed by atoms with Crippen molar-refractivity contribution < 1.29 is 9.53 Å². The maximum atomic E-state index is 12.0. The van der Waals surface area contributed by atoms with Crippen LogP contribution in [-0.2, 0) is 11.3 Å². The van der Waals surface area contributed by atoms with Crippen LogP contribution in [0.4, 0.5) is 0 Å². The first-order valence-electron chi connectivity index (χ1n) is 7.74. The minimum atomic E-state index is -0.263. The molecule has 0 spiro atoms. The number of hydrogen-bond donors (Lipinski definition) is 1. The summed E-state index contributed by atoms with van der Waals surface area (Å²) in [4.78, 5) is 13.8. The smallest absolute Gasteiger partial charge is 0.264 e. The highest BCUT2D eigenvalue weighted by molar-refractivity contribution is 7.80. The van der Waals surface area contributed by atoms with Crippen LogP contribution in [0.3, 0.4) is 0 Å². The number of ether oxygens (including phenoxy) is 1. The second-order valence-electron chi connectivity index (χ2n) is 5.75. The number of aryl methyl sites for hydroxylation is 2. The third-order valence-electron chi connectivity index (χ3n) is 3.56. The molecule has 4 nitrogen and oxygen atoms in total. The maximum Gasteiger partial charge on any atom is 0.264 e. The van der Waals surface area contributed by atoms with Crippen molar-refractivity contribution >= 4 is 23.2 Å². The van der Waals surface area contributed by atoms with E-state index in [1.54, 1.807) is 0 Å². The van der Waals surface area contributed by atoms with Crippen molar-refractivity contribution in [1.82, 2.24) is 10.2 Å². The highest BCUT2D eigenvalue weighted by Crippen LogP contribution is 2.18. The summed E-state index contributed by atoms with van der Waals surface area (Å²) < 4.78 is 5.59. The number of amides is 1. The molecule has 2 aromatic carbocycles. The number of nitrogens with zero attached hydrogens (tertiary/aromatic N) is 1. The molecule has 0 bridgehead atoms. The van der Waals surface area contributed by atoms with Crippen molar-refractivity contribution in [2.75, 3.05) is 13.7 Å². The zero-order chi connectivity index (χ0) is 17.5. The van der Waals surface area contributed by atoms with Gasteiger partial charge in [-0.15, -0.1) is 0 Å². The van der Waals surface area contributed by atoms with E-state index in [0.717, 1.165) is 16.7 Å². The molecule has 24 heavy (non-hydrogen) atoms. The van der Waals surface area contributed by atoms with Gasteiger partial charge in [0.2, 0.25) is 0 Å². The van der Waals surface area contributed by atoms with Crippen LogP contribution in [0.15, 0.2) is 48.5 Å². The normalized spacial score (nSPS) is 10.1. The molecular weight excluding hydrogens is 320 g/mol. The van der Waals surface area contributed by atoms with Crippen LogP contribution in [0.25, 0.3) is 0 Å². The number of thiocarbonyl (C=S) groups is 1. The first kappa shape index (κ1) is 17.9. The molecule has 0 aliphatic rings. The van der Waals surface area contributed by atoms with E-state index in [-0.39, 0.29) is 12.5 Å². The fraction of sp³-hybridized carbons (Fsp3) is 0.263. The average molecular weight is 342 g/mol. The van der Waals surface area contributed by atoms with Gasteiger partial charge in [-0.3, -0.25) is 4.79 Å². The molecule has 0 saturated carbocycles. The number of nitrogens with one attached hydrogen (secondary N) is 1. The van der Waals surface area contributed by atoms with Crippen molar-refractivity contribution in [3.8, 4) is 5.75 Å². The molecule has 0 radical (unpaired) electrons. The van der Waals surface area contributed by atoms with E-state index in [0.29, 0.717) is 17.4 Å². The molecule has 126 valence electrons. The molecule has 0 aromatic heterocycles. The second kappa shape index (κ2) is 8.45. The fourth-order valence-electron chi connectivity index (χ4n) is 2.19. The zero-order valence-corrected chi connectivity index (χ0v) is 15.0. The van der Waals surface area contributed by atoms with Gasteiger partial charge in [-0.2, -0.15) is 0 Å². The van der Waals surface area contributed by atoms with Crippen LogP contribution in [0.2, 0.25) is 0 Å². The summed E-state index contributed by atoms with van der Waals surface area (Å²) in [5, 5.41) is 3.08. The molecule has 2 aromatic rings. The molecule has 1 amide bonds. The van der Waals surface area contributed by atoms with Gasteiger partial charge in [0.1, 0.15) is 5.75 Å². The van der Waals surface area contributed by atoms with Gasteiger partial charge in [0.25, 0.3) is 5.91 Å².